The highest BCUT2D eigenvalue weighted by Crippen LogP contribution is 2.33. The first-order valence-corrected chi connectivity index (χ1v) is 8.50. The Balaban J connectivity index is 1.61. The maximum absolute atomic E-state index is 14.5. The van der Waals surface area contributed by atoms with E-state index in [4.69, 9.17) is 4.74 Å². The number of hydrogen-bond donors (Lipinski definition) is 1. The SMILES string of the molecule is Fc1cc(Oc2c(F)c(F)cc(F)c2F)ccc1-c1ccn([C@@H]2CCNC2)n1. The summed E-state index contributed by atoms with van der Waals surface area (Å²) >= 11 is 0. The van der Waals surface area contributed by atoms with Gasteiger partial charge in [0.25, 0.3) is 0 Å². The molecule has 1 aromatic heterocycles. The van der Waals surface area contributed by atoms with Gasteiger partial charge in [-0.25, -0.2) is 13.2 Å². The van der Waals surface area contributed by atoms with Crippen LogP contribution in [0.1, 0.15) is 12.5 Å². The first-order valence-electron chi connectivity index (χ1n) is 8.50. The fraction of sp³-hybridized carbons (Fsp3) is 0.211. The zero-order valence-electron chi connectivity index (χ0n) is 14.4. The van der Waals surface area contributed by atoms with Crippen molar-refractivity contribution in [2.45, 2.75) is 12.5 Å². The van der Waals surface area contributed by atoms with E-state index < -0.39 is 34.8 Å². The van der Waals surface area contributed by atoms with Crippen molar-refractivity contribution in [3.63, 3.8) is 0 Å². The van der Waals surface area contributed by atoms with Crippen LogP contribution in [0.15, 0.2) is 36.5 Å². The third-order valence-corrected chi connectivity index (χ3v) is 4.52. The number of nitrogens with one attached hydrogen (secondary N) is 1. The van der Waals surface area contributed by atoms with Crippen LogP contribution in [-0.2, 0) is 0 Å². The summed E-state index contributed by atoms with van der Waals surface area (Å²) in [5, 5.41) is 7.58. The molecule has 146 valence electrons. The second-order valence-electron chi connectivity index (χ2n) is 6.37. The van der Waals surface area contributed by atoms with Crippen LogP contribution in [-0.4, -0.2) is 22.9 Å². The molecule has 1 aliphatic heterocycles. The van der Waals surface area contributed by atoms with Crippen molar-refractivity contribution in [1.29, 1.82) is 0 Å². The van der Waals surface area contributed by atoms with Crippen LogP contribution in [0.3, 0.4) is 0 Å². The second-order valence-corrected chi connectivity index (χ2v) is 6.37. The van der Waals surface area contributed by atoms with Crippen LogP contribution < -0.4 is 10.1 Å². The third kappa shape index (κ3) is 3.33. The largest absolute Gasteiger partial charge is 0.451 e. The van der Waals surface area contributed by atoms with Gasteiger partial charge in [0, 0.05) is 30.4 Å². The Labute approximate surface area is 156 Å². The lowest BCUT2D eigenvalue weighted by molar-refractivity contribution is 0.365. The first kappa shape index (κ1) is 18.4. The predicted molar refractivity (Wildman–Crippen MR) is 90.5 cm³/mol. The van der Waals surface area contributed by atoms with Crippen LogP contribution in [0.4, 0.5) is 22.0 Å². The molecule has 4 rings (SSSR count). The molecule has 2 heterocycles. The fourth-order valence-electron chi connectivity index (χ4n) is 3.08. The summed E-state index contributed by atoms with van der Waals surface area (Å²) in [5.74, 6) is -8.98. The normalized spacial score (nSPS) is 16.5. The molecule has 1 saturated heterocycles. The molecular formula is C19H14F5N3O. The number of ether oxygens (including phenoxy) is 1. The van der Waals surface area contributed by atoms with E-state index in [-0.39, 0.29) is 23.4 Å². The summed E-state index contributed by atoms with van der Waals surface area (Å²) < 4.78 is 75.1. The summed E-state index contributed by atoms with van der Waals surface area (Å²) in [6.45, 7) is 1.66. The molecule has 1 N–H and O–H groups in total. The van der Waals surface area contributed by atoms with E-state index in [0.29, 0.717) is 5.69 Å². The van der Waals surface area contributed by atoms with E-state index in [0.717, 1.165) is 25.6 Å². The van der Waals surface area contributed by atoms with Crippen LogP contribution in [0, 0.1) is 29.1 Å². The minimum absolute atomic E-state index is 0.0669. The molecule has 28 heavy (non-hydrogen) atoms. The van der Waals surface area contributed by atoms with E-state index in [9.17, 15) is 22.0 Å². The molecule has 1 aliphatic rings. The summed E-state index contributed by atoms with van der Waals surface area (Å²) in [7, 11) is 0. The zero-order chi connectivity index (χ0) is 19.8. The Bertz CT molecular complexity index is 1000. The Kier molecular flexibility index (Phi) is 4.76. The quantitative estimate of drug-likeness (QED) is 0.520. The van der Waals surface area contributed by atoms with Gasteiger partial charge in [-0.3, -0.25) is 4.68 Å². The average Bonchev–Trinajstić information content (AvgIpc) is 3.35. The molecule has 1 fully saturated rings. The number of nitrogens with zero attached hydrogens (tertiary/aromatic N) is 2. The lowest BCUT2D eigenvalue weighted by Crippen LogP contribution is -2.13. The topological polar surface area (TPSA) is 39.1 Å². The molecule has 0 unspecified atom stereocenters. The van der Waals surface area contributed by atoms with E-state index in [1.54, 1.807) is 16.9 Å². The van der Waals surface area contributed by atoms with E-state index in [1.807, 2.05) is 0 Å². The van der Waals surface area contributed by atoms with Crippen LogP contribution >= 0.6 is 0 Å². The minimum Gasteiger partial charge on any atom is -0.451 e. The van der Waals surface area contributed by atoms with Crippen molar-refractivity contribution in [2.24, 2.45) is 0 Å². The molecule has 4 nitrogen and oxygen atoms in total. The third-order valence-electron chi connectivity index (χ3n) is 4.52. The van der Waals surface area contributed by atoms with E-state index in [1.165, 1.54) is 12.1 Å². The number of rotatable bonds is 4. The highest BCUT2D eigenvalue weighted by atomic mass is 19.2. The Morgan fingerprint density at radius 1 is 0.964 bits per heavy atom. The molecule has 0 spiro atoms. The standard InChI is InChI=1S/C19H14F5N3O/c20-13-7-11(28-19-17(23)14(21)8-15(22)18(19)24)1-2-12(13)16-4-6-27(26-16)10-3-5-25-9-10/h1-2,4,6-8,10,25H,3,5,9H2/t10-/m1/s1. The summed E-state index contributed by atoms with van der Waals surface area (Å²) in [6, 6.07) is 5.32. The molecule has 1 atom stereocenters. The number of halogens is 5. The molecule has 0 bridgehead atoms. The van der Waals surface area contributed by atoms with Crippen molar-refractivity contribution in [2.75, 3.05) is 13.1 Å². The molecule has 9 heteroatoms. The van der Waals surface area contributed by atoms with Gasteiger partial charge in [-0.1, -0.05) is 0 Å². The van der Waals surface area contributed by atoms with Gasteiger partial charge < -0.3 is 10.1 Å². The molecule has 3 aromatic rings. The Morgan fingerprint density at radius 3 is 2.36 bits per heavy atom. The van der Waals surface area contributed by atoms with Gasteiger partial charge in [0.1, 0.15) is 11.6 Å². The maximum Gasteiger partial charge on any atom is 0.204 e. The molecule has 0 aliphatic carbocycles. The van der Waals surface area contributed by atoms with E-state index in [2.05, 4.69) is 10.4 Å². The highest BCUT2D eigenvalue weighted by molar-refractivity contribution is 5.60. The van der Waals surface area contributed by atoms with Crippen LogP contribution in [0.25, 0.3) is 11.3 Å². The monoisotopic (exact) mass is 395 g/mol. The van der Waals surface area contributed by atoms with Gasteiger partial charge in [-0.05, 0) is 31.2 Å². The lowest BCUT2D eigenvalue weighted by Gasteiger charge is -2.10. The average molecular weight is 395 g/mol. The van der Waals surface area contributed by atoms with Crippen molar-refractivity contribution >= 4 is 0 Å². The first-order chi connectivity index (χ1) is 13.4. The van der Waals surface area contributed by atoms with Crippen molar-refractivity contribution in [3.05, 3.63) is 65.6 Å². The van der Waals surface area contributed by atoms with Gasteiger partial charge in [-0.15, -0.1) is 0 Å². The number of hydrogen-bond acceptors (Lipinski definition) is 3. The second kappa shape index (κ2) is 7.23. The van der Waals surface area contributed by atoms with E-state index >= 15 is 0 Å². The molecular weight excluding hydrogens is 381 g/mol. The van der Waals surface area contributed by atoms with Crippen molar-refractivity contribution in [3.8, 4) is 22.8 Å². The van der Waals surface area contributed by atoms with Gasteiger partial charge in [0.15, 0.2) is 11.6 Å². The van der Waals surface area contributed by atoms with Crippen molar-refractivity contribution in [1.82, 2.24) is 15.1 Å². The molecule has 0 saturated carbocycles. The van der Waals surface area contributed by atoms with Crippen LogP contribution in [0.2, 0.25) is 0 Å². The van der Waals surface area contributed by atoms with Gasteiger partial charge >= 0.3 is 0 Å². The Morgan fingerprint density at radius 2 is 1.71 bits per heavy atom. The molecule has 2 aromatic carbocycles. The predicted octanol–water partition coefficient (Wildman–Crippen LogP) is 4.57. The fourth-order valence-corrected chi connectivity index (χ4v) is 3.08. The van der Waals surface area contributed by atoms with Gasteiger partial charge in [-0.2, -0.15) is 13.9 Å². The van der Waals surface area contributed by atoms with Crippen molar-refractivity contribution < 1.29 is 26.7 Å². The van der Waals surface area contributed by atoms with Gasteiger partial charge in [0.2, 0.25) is 17.4 Å². The maximum atomic E-state index is 14.5. The molecule has 0 amide bonds. The number of benzene rings is 2. The summed E-state index contributed by atoms with van der Waals surface area (Å²) in [6.07, 6.45) is 2.66. The zero-order valence-corrected chi connectivity index (χ0v) is 14.4. The number of aromatic nitrogens is 2. The van der Waals surface area contributed by atoms with Gasteiger partial charge in [0.05, 0.1) is 11.7 Å². The lowest BCUT2D eigenvalue weighted by atomic mass is 10.1. The molecule has 0 radical (unpaired) electrons. The summed E-state index contributed by atoms with van der Waals surface area (Å²) in [5.41, 5.74) is 0.536. The highest BCUT2D eigenvalue weighted by Gasteiger charge is 2.22. The minimum atomic E-state index is -1.70. The smallest absolute Gasteiger partial charge is 0.204 e. The van der Waals surface area contributed by atoms with Crippen LogP contribution in [0.5, 0.6) is 11.5 Å². The Hall–Kier alpha value is -2.94. The summed E-state index contributed by atoms with van der Waals surface area (Å²) in [4.78, 5) is 0.